The minimum absolute atomic E-state index is 0.367. The topological polar surface area (TPSA) is 44.5 Å². The van der Waals surface area contributed by atoms with Gasteiger partial charge in [0.1, 0.15) is 4.99 Å². The van der Waals surface area contributed by atoms with Crippen molar-refractivity contribution in [3.05, 3.63) is 23.8 Å². The molecule has 0 bridgehead atoms. The summed E-state index contributed by atoms with van der Waals surface area (Å²) in [6.45, 7) is 2.85. The van der Waals surface area contributed by atoms with Crippen molar-refractivity contribution < 1.29 is 9.47 Å². The van der Waals surface area contributed by atoms with Crippen LogP contribution in [0.4, 0.5) is 0 Å². The first-order valence-electron chi connectivity index (χ1n) is 5.79. The lowest BCUT2D eigenvalue weighted by Gasteiger charge is -2.11. The molecule has 94 valence electrons. The quantitative estimate of drug-likeness (QED) is 0.599. The van der Waals surface area contributed by atoms with Gasteiger partial charge in [0.2, 0.25) is 0 Å². The molecule has 2 N–H and O–H groups in total. The number of hydrogen-bond donors (Lipinski definition) is 1. The summed E-state index contributed by atoms with van der Waals surface area (Å²) in [5, 5.41) is 0. The van der Waals surface area contributed by atoms with Gasteiger partial charge in [0.25, 0.3) is 0 Å². The average molecular weight is 253 g/mol. The molecule has 0 aliphatic rings. The molecule has 0 aliphatic carbocycles. The zero-order valence-electron chi connectivity index (χ0n) is 10.4. The SMILES string of the molecule is CCCCCOc1cc(C(N)=S)ccc1OC. The largest absolute Gasteiger partial charge is 0.493 e. The van der Waals surface area contributed by atoms with Crippen molar-refractivity contribution in [1.29, 1.82) is 0 Å². The van der Waals surface area contributed by atoms with Crippen molar-refractivity contribution in [3.63, 3.8) is 0 Å². The van der Waals surface area contributed by atoms with Gasteiger partial charge in [-0.25, -0.2) is 0 Å². The summed E-state index contributed by atoms with van der Waals surface area (Å²) in [5.41, 5.74) is 6.38. The molecule has 0 heterocycles. The van der Waals surface area contributed by atoms with Gasteiger partial charge in [-0.2, -0.15) is 0 Å². The number of hydrogen-bond acceptors (Lipinski definition) is 3. The molecular weight excluding hydrogens is 234 g/mol. The highest BCUT2D eigenvalue weighted by Crippen LogP contribution is 2.28. The van der Waals surface area contributed by atoms with Gasteiger partial charge in [0.05, 0.1) is 13.7 Å². The lowest BCUT2D eigenvalue weighted by atomic mass is 10.2. The van der Waals surface area contributed by atoms with Crippen LogP contribution in [0.5, 0.6) is 11.5 Å². The average Bonchev–Trinajstić information content (AvgIpc) is 2.34. The molecule has 0 amide bonds. The molecule has 0 aromatic heterocycles. The zero-order chi connectivity index (χ0) is 12.7. The molecule has 0 fully saturated rings. The number of thiocarbonyl (C=S) groups is 1. The van der Waals surface area contributed by atoms with Crippen molar-refractivity contribution in [2.75, 3.05) is 13.7 Å². The standard InChI is InChI=1S/C13H19NO2S/c1-3-4-5-8-16-12-9-10(13(14)17)6-7-11(12)15-2/h6-7,9H,3-5,8H2,1-2H3,(H2,14,17). The Balaban J connectivity index is 2.72. The molecule has 0 spiro atoms. The van der Waals surface area contributed by atoms with Crippen LogP contribution in [0.15, 0.2) is 18.2 Å². The molecule has 1 rings (SSSR count). The van der Waals surface area contributed by atoms with E-state index < -0.39 is 0 Å². The summed E-state index contributed by atoms with van der Waals surface area (Å²) >= 11 is 4.94. The molecule has 0 unspecified atom stereocenters. The molecule has 1 aromatic rings. The van der Waals surface area contributed by atoms with E-state index in [1.54, 1.807) is 7.11 Å². The van der Waals surface area contributed by atoms with Gasteiger partial charge >= 0.3 is 0 Å². The molecule has 0 saturated carbocycles. The van der Waals surface area contributed by atoms with Gasteiger partial charge in [-0.15, -0.1) is 0 Å². The molecule has 17 heavy (non-hydrogen) atoms. The molecule has 0 atom stereocenters. The van der Waals surface area contributed by atoms with E-state index in [4.69, 9.17) is 27.4 Å². The minimum Gasteiger partial charge on any atom is -0.493 e. The van der Waals surface area contributed by atoms with Crippen molar-refractivity contribution in [2.24, 2.45) is 5.73 Å². The molecule has 0 aliphatic heterocycles. The van der Waals surface area contributed by atoms with Crippen LogP contribution in [-0.4, -0.2) is 18.7 Å². The Hall–Kier alpha value is -1.29. The third kappa shape index (κ3) is 4.23. The van der Waals surface area contributed by atoms with E-state index in [1.807, 2.05) is 18.2 Å². The second-order valence-electron chi connectivity index (χ2n) is 3.79. The first-order chi connectivity index (χ1) is 8.19. The second kappa shape index (κ2) is 7.12. The van der Waals surface area contributed by atoms with Crippen LogP contribution in [-0.2, 0) is 0 Å². The Kier molecular flexibility index (Phi) is 5.77. The Morgan fingerprint density at radius 2 is 2.06 bits per heavy atom. The van der Waals surface area contributed by atoms with Gasteiger partial charge in [0, 0.05) is 5.56 Å². The first kappa shape index (κ1) is 13.8. The Labute approximate surface area is 108 Å². The lowest BCUT2D eigenvalue weighted by molar-refractivity contribution is 0.286. The predicted molar refractivity (Wildman–Crippen MR) is 73.9 cm³/mol. The monoisotopic (exact) mass is 253 g/mol. The van der Waals surface area contributed by atoms with Crippen LogP contribution < -0.4 is 15.2 Å². The fourth-order valence-corrected chi connectivity index (χ4v) is 1.60. The van der Waals surface area contributed by atoms with E-state index in [1.165, 1.54) is 6.42 Å². The van der Waals surface area contributed by atoms with E-state index in [-0.39, 0.29) is 0 Å². The summed E-state index contributed by atoms with van der Waals surface area (Å²) in [4.78, 5) is 0.367. The maximum Gasteiger partial charge on any atom is 0.161 e. The van der Waals surface area contributed by atoms with E-state index in [0.29, 0.717) is 23.1 Å². The molecule has 3 nitrogen and oxygen atoms in total. The predicted octanol–water partition coefficient (Wildman–Crippen LogP) is 2.90. The Morgan fingerprint density at radius 1 is 1.29 bits per heavy atom. The number of benzene rings is 1. The fraction of sp³-hybridized carbons (Fsp3) is 0.462. The van der Waals surface area contributed by atoms with Gasteiger partial charge in [-0.3, -0.25) is 0 Å². The van der Waals surface area contributed by atoms with Gasteiger partial charge in [-0.1, -0.05) is 32.0 Å². The maximum absolute atomic E-state index is 5.68. The highest BCUT2D eigenvalue weighted by atomic mass is 32.1. The Bertz CT molecular complexity index is 380. The summed E-state index contributed by atoms with van der Waals surface area (Å²) in [5.74, 6) is 1.41. The lowest BCUT2D eigenvalue weighted by Crippen LogP contribution is -2.10. The second-order valence-corrected chi connectivity index (χ2v) is 4.23. The number of nitrogens with two attached hydrogens (primary N) is 1. The Morgan fingerprint density at radius 3 is 2.65 bits per heavy atom. The summed E-state index contributed by atoms with van der Waals surface area (Å²) in [7, 11) is 1.62. The third-order valence-corrected chi connectivity index (χ3v) is 2.69. The smallest absolute Gasteiger partial charge is 0.161 e. The van der Waals surface area contributed by atoms with Crippen molar-refractivity contribution in [1.82, 2.24) is 0 Å². The van der Waals surface area contributed by atoms with Crippen LogP contribution in [0.25, 0.3) is 0 Å². The van der Waals surface area contributed by atoms with Crippen molar-refractivity contribution in [3.8, 4) is 11.5 Å². The van der Waals surface area contributed by atoms with Crippen molar-refractivity contribution >= 4 is 17.2 Å². The highest BCUT2D eigenvalue weighted by Gasteiger charge is 2.06. The highest BCUT2D eigenvalue weighted by molar-refractivity contribution is 7.80. The molecule has 0 saturated heterocycles. The van der Waals surface area contributed by atoms with Gasteiger partial charge < -0.3 is 15.2 Å². The van der Waals surface area contributed by atoms with Crippen LogP contribution in [0.2, 0.25) is 0 Å². The zero-order valence-corrected chi connectivity index (χ0v) is 11.2. The number of rotatable bonds is 7. The van der Waals surface area contributed by atoms with Crippen LogP contribution in [0, 0.1) is 0 Å². The van der Waals surface area contributed by atoms with E-state index in [0.717, 1.165) is 18.4 Å². The van der Waals surface area contributed by atoms with Crippen LogP contribution in [0.1, 0.15) is 31.7 Å². The number of methoxy groups -OCH3 is 1. The fourth-order valence-electron chi connectivity index (χ4n) is 1.48. The van der Waals surface area contributed by atoms with Crippen LogP contribution >= 0.6 is 12.2 Å². The maximum atomic E-state index is 5.68. The van der Waals surface area contributed by atoms with E-state index in [9.17, 15) is 0 Å². The summed E-state index contributed by atoms with van der Waals surface area (Å²) in [6.07, 6.45) is 3.38. The summed E-state index contributed by atoms with van der Waals surface area (Å²) < 4.78 is 10.9. The number of ether oxygens (including phenoxy) is 2. The normalized spacial score (nSPS) is 10.0. The van der Waals surface area contributed by atoms with E-state index in [2.05, 4.69) is 6.92 Å². The van der Waals surface area contributed by atoms with E-state index >= 15 is 0 Å². The molecule has 1 aromatic carbocycles. The van der Waals surface area contributed by atoms with Crippen LogP contribution in [0.3, 0.4) is 0 Å². The number of unbranched alkanes of at least 4 members (excludes halogenated alkanes) is 2. The minimum atomic E-state index is 0.367. The molecule has 4 heteroatoms. The molecule has 0 radical (unpaired) electrons. The third-order valence-electron chi connectivity index (χ3n) is 2.45. The summed E-state index contributed by atoms with van der Waals surface area (Å²) in [6, 6.07) is 5.48. The first-order valence-corrected chi connectivity index (χ1v) is 6.20. The van der Waals surface area contributed by atoms with Gasteiger partial charge in [-0.05, 0) is 24.6 Å². The van der Waals surface area contributed by atoms with Gasteiger partial charge in [0.15, 0.2) is 11.5 Å². The van der Waals surface area contributed by atoms with Crippen molar-refractivity contribution in [2.45, 2.75) is 26.2 Å². The molecular formula is C13H19NO2S.